The molecule has 4 rings (SSSR count). The minimum atomic E-state index is -0.482. The second-order valence-electron chi connectivity index (χ2n) is 5.71. The van der Waals surface area contributed by atoms with E-state index in [2.05, 4.69) is 20.9 Å². The highest BCUT2D eigenvalue weighted by Gasteiger charge is 2.27. The van der Waals surface area contributed by atoms with Gasteiger partial charge in [-0.15, -0.1) is 0 Å². The minimum absolute atomic E-state index is 0.192. The van der Waals surface area contributed by atoms with E-state index >= 15 is 0 Å². The number of amides is 1. The van der Waals surface area contributed by atoms with E-state index in [1.54, 1.807) is 42.5 Å². The van der Waals surface area contributed by atoms with Crippen molar-refractivity contribution in [3.8, 4) is 17.3 Å². The highest BCUT2D eigenvalue weighted by atomic mass is 79.9. The Kier molecular flexibility index (Phi) is 4.45. The van der Waals surface area contributed by atoms with Crippen molar-refractivity contribution in [1.29, 1.82) is 0 Å². The summed E-state index contributed by atoms with van der Waals surface area (Å²) in [6.45, 7) is 2.25. The zero-order valence-corrected chi connectivity index (χ0v) is 16.5. The third-order valence-corrected chi connectivity index (χ3v) is 5.52. The molecule has 136 valence electrons. The molecule has 2 heterocycles. The highest BCUT2D eigenvalue weighted by Crippen LogP contribution is 2.33. The lowest BCUT2D eigenvalue weighted by Gasteiger charge is -2.11. The molecule has 1 aliphatic heterocycles. The number of halogens is 1. The molecule has 0 aliphatic carbocycles. The van der Waals surface area contributed by atoms with Crippen molar-refractivity contribution in [3.63, 3.8) is 0 Å². The van der Waals surface area contributed by atoms with Gasteiger partial charge in [-0.05, 0) is 37.3 Å². The van der Waals surface area contributed by atoms with Crippen LogP contribution in [0.1, 0.15) is 11.8 Å². The number of fused-ring (bicyclic) bond motifs is 1. The Labute approximate surface area is 165 Å². The number of benzene rings is 2. The number of carbonyl (C=O) groups excluding carboxylic acids is 1. The van der Waals surface area contributed by atoms with E-state index in [1.807, 2.05) is 6.92 Å². The first-order valence-electron chi connectivity index (χ1n) is 8.11. The van der Waals surface area contributed by atoms with E-state index in [4.69, 9.17) is 4.74 Å². The van der Waals surface area contributed by atoms with E-state index in [0.717, 1.165) is 20.4 Å². The molecule has 6 nitrogen and oxygen atoms in total. The van der Waals surface area contributed by atoms with Crippen LogP contribution in [0.15, 0.2) is 56.7 Å². The average Bonchev–Trinajstić information content (AvgIpc) is 3.11. The predicted molar refractivity (Wildman–Crippen MR) is 105 cm³/mol. The SMILES string of the molecule is CCOc1ccccc1-n1c(O)c(C2=c3cc(Br)ccc3=NC2=O)sc1=O. The molecule has 8 heteroatoms. The lowest BCUT2D eigenvalue weighted by atomic mass is 10.1. The number of rotatable bonds is 4. The molecule has 27 heavy (non-hydrogen) atoms. The molecular formula is C19H13BrN2O4S. The second kappa shape index (κ2) is 6.79. The van der Waals surface area contributed by atoms with Gasteiger partial charge >= 0.3 is 4.87 Å². The quantitative estimate of drug-likeness (QED) is 0.668. The standard InChI is InChI=1S/C19H13BrN2O4S/c1-2-26-14-6-4-3-5-13(14)22-18(24)16(27-19(22)25)15-11-9-10(20)7-8-12(11)21-17(15)23/h3-9,24H,2H2,1H3. The summed E-state index contributed by atoms with van der Waals surface area (Å²) in [5.74, 6) is -0.314. The molecule has 0 saturated carbocycles. The van der Waals surface area contributed by atoms with Gasteiger partial charge in [0.2, 0.25) is 5.88 Å². The number of hydrogen-bond acceptors (Lipinski definition) is 5. The normalized spacial score (nSPS) is 12.8. The fourth-order valence-electron chi connectivity index (χ4n) is 2.97. The number of nitrogens with zero attached hydrogens (tertiary/aromatic N) is 2. The average molecular weight is 445 g/mol. The molecule has 1 aliphatic rings. The van der Waals surface area contributed by atoms with Crippen molar-refractivity contribution in [2.24, 2.45) is 4.99 Å². The van der Waals surface area contributed by atoms with Crippen LogP contribution < -0.4 is 20.2 Å². The lowest BCUT2D eigenvalue weighted by molar-refractivity contribution is -0.112. The van der Waals surface area contributed by atoms with Crippen molar-refractivity contribution in [1.82, 2.24) is 4.57 Å². The van der Waals surface area contributed by atoms with E-state index in [9.17, 15) is 14.7 Å². The summed E-state index contributed by atoms with van der Waals surface area (Å²) in [5.41, 5.74) is 0.639. The number of aromatic hydroxyl groups is 1. The van der Waals surface area contributed by atoms with Gasteiger partial charge in [-0.25, -0.2) is 9.56 Å². The Bertz CT molecular complexity index is 1260. The molecule has 0 bridgehead atoms. The van der Waals surface area contributed by atoms with Crippen LogP contribution >= 0.6 is 27.3 Å². The number of para-hydroxylation sites is 2. The number of aromatic nitrogens is 1. The fourth-order valence-corrected chi connectivity index (χ4v) is 4.26. The van der Waals surface area contributed by atoms with Gasteiger partial charge < -0.3 is 9.84 Å². The summed E-state index contributed by atoms with van der Waals surface area (Å²) in [4.78, 5) is 28.9. The third-order valence-electron chi connectivity index (χ3n) is 4.08. The monoisotopic (exact) mass is 444 g/mol. The number of hydrogen-bond donors (Lipinski definition) is 1. The molecule has 0 spiro atoms. The van der Waals surface area contributed by atoms with E-state index in [-0.39, 0.29) is 16.3 Å². The molecule has 1 N–H and O–H groups in total. The van der Waals surface area contributed by atoms with Crippen LogP contribution in [0.25, 0.3) is 11.3 Å². The zero-order chi connectivity index (χ0) is 19.1. The molecule has 0 unspecified atom stereocenters. The smallest absolute Gasteiger partial charge is 0.315 e. The molecule has 0 fully saturated rings. The van der Waals surface area contributed by atoms with Gasteiger partial charge in [-0.3, -0.25) is 9.59 Å². The molecule has 2 aromatic carbocycles. The molecular weight excluding hydrogens is 432 g/mol. The fraction of sp³-hybridized carbons (Fsp3) is 0.105. The Hall–Kier alpha value is -2.71. The van der Waals surface area contributed by atoms with Crippen LogP contribution in [0.5, 0.6) is 11.6 Å². The maximum Gasteiger partial charge on any atom is 0.315 e. The van der Waals surface area contributed by atoms with Crippen molar-refractivity contribution in [2.45, 2.75) is 6.92 Å². The molecule has 1 aromatic heterocycles. The minimum Gasteiger partial charge on any atom is -0.493 e. The van der Waals surface area contributed by atoms with Crippen molar-refractivity contribution >= 4 is 38.7 Å². The molecule has 0 saturated heterocycles. The Balaban J connectivity index is 1.99. The summed E-state index contributed by atoms with van der Waals surface area (Å²) in [5, 5.41) is 11.9. The van der Waals surface area contributed by atoms with Crippen LogP contribution in [0.2, 0.25) is 0 Å². The first-order valence-corrected chi connectivity index (χ1v) is 9.72. The Morgan fingerprint density at radius 2 is 2.00 bits per heavy atom. The molecule has 0 atom stereocenters. The van der Waals surface area contributed by atoms with Gasteiger partial charge in [-0.2, -0.15) is 0 Å². The maximum absolute atomic E-state index is 12.7. The first kappa shape index (κ1) is 17.7. The largest absolute Gasteiger partial charge is 0.493 e. The van der Waals surface area contributed by atoms with Gasteiger partial charge in [0.05, 0.1) is 23.2 Å². The van der Waals surface area contributed by atoms with Crippen LogP contribution in [0.3, 0.4) is 0 Å². The van der Waals surface area contributed by atoms with Crippen LogP contribution in [-0.4, -0.2) is 22.2 Å². The van der Waals surface area contributed by atoms with Crippen molar-refractivity contribution in [2.75, 3.05) is 6.61 Å². The second-order valence-corrected chi connectivity index (χ2v) is 7.59. The van der Waals surface area contributed by atoms with Crippen LogP contribution in [0.4, 0.5) is 0 Å². The summed E-state index contributed by atoms with van der Waals surface area (Å²) >= 11 is 4.18. The molecule has 3 aromatic rings. The topological polar surface area (TPSA) is 80.9 Å². The first-order chi connectivity index (χ1) is 13.0. The maximum atomic E-state index is 12.7. The summed E-state index contributed by atoms with van der Waals surface area (Å²) in [6, 6.07) is 12.2. The third kappa shape index (κ3) is 2.90. The predicted octanol–water partition coefficient (Wildman–Crippen LogP) is 2.12. The number of thiazole rings is 1. The summed E-state index contributed by atoms with van der Waals surface area (Å²) < 4.78 is 7.49. The number of carbonyl (C=O) groups is 1. The Morgan fingerprint density at radius 3 is 2.78 bits per heavy atom. The summed E-state index contributed by atoms with van der Waals surface area (Å²) in [7, 11) is 0. The van der Waals surface area contributed by atoms with Gasteiger partial charge in [0.1, 0.15) is 10.6 Å². The Morgan fingerprint density at radius 1 is 1.22 bits per heavy atom. The molecule has 0 radical (unpaired) electrons. The van der Waals surface area contributed by atoms with Gasteiger partial charge in [0, 0.05) is 9.69 Å². The zero-order valence-electron chi connectivity index (χ0n) is 14.1. The van der Waals surface area contributed by atoms with Crippen LogP contribution in [0, 0.1) is 0 Å². The van der Waals surface area contributed by atoms with E-state index < -0.39 is 10.8 Å². The van der Waals surface area contributed by atoms with Gasteiger partial charge in [0.15, 0.2) is 0 Å². The van der Waals surface area contributed by atoms with Crippen molar-refractivity contribution in [3.05, 3.63) is 72.1 Å². The number of ether oxygens (including phenoxy) is 1. The lowest BCUT2D eigenvalue weighted by Crippen LogP contribution is -2.22. The highest BCUT2D eigenvalue weighted by molar-refractivity contribution is 9.10. The van der Waals surface area contributed by atoms with E-state index in [0.29, 0.717) is 28.6 Å². The van der Waals surface area contributed by atoms with Crippen LogP contribution in [-0.2, 0) is 4.79 Å². The van der Waals surface area contributed by atoms with E-state index in [1.165, 1.54) is 0 Å². The molecule has 1 amide bonds. The van der Waals surface area contributed by atoms with Gasteiger partial charge in [0.25, 0.3) is 5.91 Å². The van der Waals surface area contributed by atoms with Gasteiger partial charge in [-0.1, -0.05) is 39.4 Å². The van der Waals surface area contributed by atoms with Crippen molar-refractivity contribution < 1.29 is 14.6 Å². The summed E-state index contributed by atoms with van der Waals surface area (Å²) in [6.07, 6.45) is 0.